The number of fused-ring (bicyclic) bond motifs is 1. The van der Waals surface area contributed by atoms with Gasteiger partial charge in [-0.05, 0) is 48.0 Å². The number of alkyl halides is 4. The summed E-state index contributed by atoms with van der Waals surface area (Å²) in [5, 5.41) is 11.8. The minimum absolute atomic E-state index is 0.285. The molecule has 0 fully saturated rings. The normalized spacial score (nSPS) is 11.4. The number of aromatic nitrogens is 4. The van der Waals surface area contributed by atoms with Crippen LogP contribution in [0.3, 0.4) is 0 Å². The van der Waals surface area contributed by atoms with Gasteiger partial charge in [-0.2, -0.15) is 0 Å². The third-order valence-electron chi connectivity index (χ3n) is 5.07. The highest BCUT2D eigenvalue weighted by molar-refractivity contribution is 5.86. The van der Waals surface area contributed by atoms with E-state index in [4.69, 9.17) is 4.74 Å². The maximum atomic E-state index is 12.9. The van der Waals surface area contributed by atoms with Crippen molar-refractivity contribution in [3.63, 3.8) is 0 Å². The Morgan fingerprint density at radius 3 is 2.58 bits per heavy atom. The Labute approximate surface area is 201 Å². The van der Waals surface area contributed by atoms with Crippen molar-refractivity contribution in [3.8, 4) is 28.6 Å². The van der Waals surface area contributed by atoms with Crippen molar-refractivity contribution in [2.45, 2.75) is 13.0 Å². The summed E-state index contributed by atoms with van der Waals surface area (Å²) < 4.78 is 60.5. The van der Waals surface area contributed by atoms with E-state index in [0.29, 0.717) is 45.5 Å². The van der Waals surface area contributed by atoms with E-state index in [1.165, 1.54) is 24.4 Å². The Hall–Kier alpha value is -4.67. The molecule has 0 saturated carbocycles. The molecule has 11 heteroatoms. The van der Waals surface area contributed by atoms with Gasteiger partial charge in [0.25, 0.3) is 0 Å². The van der Waals surface area contributed by atoms with E-state index in [1.54, 1.807) is 48.5 Å². The highest BCUT2D eigenvalue weighted by atomic mass is 19.4. The van der Waals surface area contributed by atoms with Crippen molar-refractivity contribution < 1.29 is 27.0 Å². The molecule has 0 aliphatic rings. The summed E-state index contributed by atoms with van der Waals surface area (Å²) >= 11 is 0. The molecule has 5 aromatic rings. The minimum Gasteiger partial charge on any atom is -0.457 e. The number of anilines is 2. The number of nitrogens with one attached hydrogen (secondary N) is 2. The maximum absolute atomic E-state index is 12.9. The molecule has 0 saturated heterocycles. The lowest BCUT2D eigenvalue weighted by Crippen LogP contribution is -2.17. The number of hydrogen-bond acceptors (Lipinski definition) is 6. The first-order valence-corrected chi connectivity index (χ1v) is 10.6. The number of hydrogen-bond donors (Lipinski definition) is 2. The average molecular weight is 495 g/mol. The van der Waals surface area contributed by atoms with Crippen LogP contribution in [0.25, 0.3) is 22.3 Å². The van der Waals surface area contributed by atoms with Crippen molar-refractivity contribution >= 4 is 22.5 Å². The Kier molecular flexibility index (Phi) is 6.11. The lowest BCUT2D eigenvalue weighted by molar-refractivity contribution is -0.274. The highest BCUT2D eigenvalue weighted by Crippen LogP contribution is 2.33. The Morgan fingerprint density at radius 2 is 1.75 bits per heavy atom. The number of halogens is 4. The zero-order valence-electron chi connectivity index (χ0n) is 18.4. The van der Waals surface area contributed by atoms with Gasteiger partial charge in [0.2, 0.25) is 5.95 Å². The first-order chi connectivity index (χ1) is 17.4. The molecule has 2 N–H and O–H groups in total. The number of rotatable bonds is 7. The largest absolute Gasteiger partial charge is 0.573 e. The number of ether oxygens (including phenoxy) is 2. The summed E-state index contributed by atoms with van der Waals surface area (Å²) in [7, 11) is 0. The van der Waals surface area contributed by atoms with Crippen LogP contribution in [0.1, 0.15) is 5.56 Å². The SMILES string of the molecule is FCc1cccc(Nc2nnc(-c3cccc(Oc4ccnc5cc(OC(F)(F)F)ccc45)c3)[nH]2)c1. The molecule has 0 amide bonds. The topological polar surface area (TPSA) is 85.0 Å². The molecule has 0 atom stereocenters. The van der Waals surface area contributed by atoms with Gasteiger partial charge in [-0.1, -0.05) is 24.3 Å². The van der Waals surface area contributed by atoms with Gasteiger partial charge in [0, 0.05) is 28.9 Å². The van der Waals surface area contributed by atoms with Crippen LogP contribution in [0.5, 0.6) is 17.2 Å². The van der Waals surface area contributed by atoms with Crippen LogP contribution in [0.2, 0.25) is 0 Å². The Balaban J connectivity index is 1.35. The van der Waals surface area contributed by atoms with Crippen LogP contribution in [0.4, 0.5) is 29.2 Å². The fourth-order valence-corrected chi connectivity index (χ4v) is 3.54. The predicted octanol–water partition coefficient (Wildman–Crippen LogP) is 6.92. The fourth-order valence-electron chi connectivity index (χ4n) is 3.54. The molecule has 3 aromatic carbocycles. The molecular weight excluding hydrogens is 478 g/mol. The van der Waals surface area contributed by atoms with Crippen LogP contribution in [0.15, 0.2) is 79.0 Å². The van der Waals surface area contributed by atoms with E-state index < -0.39 is 13.0 Å². The van der Waals surface area contributed by atoms with Gasteiger partial charge in [-0.3, -0.25) is 4.98 Å². The van der Waals surface area contributed by atoms with E-state index in [0.717, 1.165) is 0 Å². The molecule has 36 heavy (non-hydrogen) atoms. The second-order valence-electron chi connectivity index (χ2n) is 7.65. The number of aromatic amines is 1. The quantitative estimate of drug-likeness (QED) is 0.238. The van der Waals surface area contributed by atoms with E-state index in [9.17, 15) is 17.6 Å². The summed E-state index contributed by atoms with van der Waals surface area (Å²) in [5.41, 5.74) is 2.17. The standard InChI is InChI=1S/C25H17F4N5O2/c26-14-15-3-1-5-17(11-15)31-24-32-23(33-34-24)16-4-2-6-18(12-16)35-22-9-10-30-21-13-19(7-8-20(21)22)36-25(27,28)29/h1-13H,14H2,(H2,31,32,33,34). The predicted molar refractivity (Wildman–Crippen MR) is 125 cm³/mol. The van der Waals surface area contributed by atoms with E-state index in [2.05, 4.69) is 30.2 Å². The highest BCUT2D eigenvalue weighted by Gasteiger charge is 2.31. The minimum atomic E-state index is -4.79. The molecule has 0 radical (unpaired) electrons. The zero-order chi connectivity index (χ0) is 25.1. The van der Waals surface area contributed by atoms with E-state index >= 15 is 0 Å². The Morgan fingerprint density at radius 1 is 0.889 bits per heavy atom. The van der Waals surface area contributed by atoms with Gasteiger partial charge in [0.15, 0.2) is 5.82 Å². The second kappa shape index (κ2) is 9.53. The molecular formula is C25H17F4N5O2. The van der Waals surface area contributed by atoms with Gasteiger partial charge < -0.3 is 19.8 Å². The molecule has 5 rings (SSSR count). The number of H-pyrrole nitrogens is 1. The monoisotopic (exact) mass is 495 g/mol. The summed E-state index contributed by atoms with van der Waals surface area (Å²) in [4.78, 5) is 7.17. The molecule has 7 nitrogen and oxygen atoms in total. The molecule has 0 unspecified atom stereocenters. The van der Waals surface area contributed by atoms with Crippen molar-refractivity contribution in [2.75, 3.05) is 5.32 Å². The summed E-state index contributed by atoms with van der Waals surface area (Å²) in [6, 6.07) is 19.4. The summed E-state index contributed by atoms with van der Waals surface area (Å²) in [5.74, 6) is 1.36. The van der Waals surface area contributed by atoms with Gasteiger partial charge in [0.1, 0.15) is 23.9 Å². The van der Waals surface area contributed by atoms with E-state index in [-0.39, 0.29) is 11.3 Å². The van der Waals surface area contributed by atoms with Gasteiger partial charge in [-0.25, -0.2) is 4.39 Å². The maximum Gasteiger partial charge on any atom is 0.573 e. The lowest BCUT2D eigenvalue weighted by Gasteiger charge is -2.12. The van der Waals surface area contributed by atoms with Gasteiger partial charge in [-0.15, -0.1) is 23.4 Å². The summed E-state index contributed by atoms with van der Waals surface area (Å²) in [6.07, 6.45) is -3.36. The van der Waals surface area contributed by atoms with Crippen molar-refractivity contribution in [1.29, 1.82) is 0 Å². The molecule has 0 spiro atoms. The fraction of sp³-hybridized carbons (Fsp3) is 0.0800. The van der Waals surface area contributed by atoms with Crippen LogP contribution < -0.4 is 14.8 Å². The van der Waals surface area contributed by atoms with Crippen LogP contribution in [0, 0.1) is 0 Å². The third-order valence-corrected chi connectivity index (χ3v) is 5.07. The number of nitrogens with zero attached hydrogens (tertiary/aromatic N) is 3. The van der Waals surface area contributed by atoms with Crippen molar-refractivity contribution in [1.82, 2.24) is 20.2 Å². The molecule has 0 aliphatic heterocycles. The van der Waals surface area contributed by atoms with E-state index in [1.807, 2.05) is 6.07 Å². The van der Waals surface area contributed by atoms with Gasteiger partial charge >= 0.3 is 6.36 Å². The van der Waals surface area contributed by atoms with Crippen LogP contribution >= 0.6 is 0 Å². The first-order valence-electron chi connectivity index (χ1n) is 10.6. The van der Waals surface area contributed by atoms with Gasteiger partial charge in [0.05, 0.1) is 5.52 Å². The smallest absolute Gasteiger partial charge is 0.457 e. The summed E-state index contributed by atoms with van der Waals surface area (Å²) in [6.45, 7) is -0.570. The zero-order valence-corrected chi connectivity index (χ0v) is 18.4. The molecule has 0 bridgehead atoms. The second-order valence-corrected chi connectivity index (χ2v) is 7.65. The molecule has 2 heterocycles. The molecule has 182 valence electrons. The van der Waals surface area contributed by atoms with Crippen LogP contribution in [-0.2, 0) is 6.67 Å². The number of benzene rings is 3. The third kappa shape index (κ3) is 5.35. The Bertz CT molecular complexity index is 1520. The first kappa shape index (κ1) is 23.1. The van der Waals surface area contributed by atoms with Crippen LogP contribution in [-0.4, -0.2) is 26.5 Å². The lowest BCUT2D eigenvalue weighted by atomic mass is 10.2. The number of pyridine rings is 1. The molecule has 2 aromatic heterocycles. The van der Waals surface area contributed by atoms with Crippen molar-refractivity contribution in [3.05, 3.63) is 84.6 Å². The van der Waals surface area contributed by atoms with Crippen molar-refractivity contribution in [2.24, 2.45) is 0 Å². The molecule has 0 aliphatic carbocycles. The average Bonchev–Trinajstić information content (AvgIpc) is 3.32.